The molecular weight excluding hydrogens is 313 g/mol. The largest absolute Gasteiger partial charge is 0.478 e. The maximum absolute atomic E-state index is 12.3. The molecule has 0 radical (unpaired) electrons. The van der Waals surface area contributed by atoms with Gasteiger partial charge in [-0.3, -0.25) is 4.79 Å². The topological polar surface area (TPSA) is 66.4 Å². The Morgan fingerprint density at radius 2 is 1.81 bits per heavy atom. The maximum Gasteiger partial charge on any atom is 0.337 e. The van der Waals surface area contributed by atoms with E-state index in [-0.39, 0.29) is 33.1 Å². The zero-order valence-electron chi connectivity index (χ0n) is 11.7. The van der Waals surface area contributed by atoms with Crippen LogP contribution in [0.3, 0.4) is 0 Å². The van der Waals surface area contributed by atoms with Crippen LogP contribution in [-0.4, -0.2) is 17.0 Å². The Kier molecular flexibility index (Phi) is 5.12. The molecule has 0 aliphatic heterocycles. The number of anilines is 1. The molecule has 0 spiro atoms. The van der Waals surface area contributed by atoms with E-state index in [9.17, 15) is 14.7 Å². The van der Waals surface area contributed by atoms with E-state index in [4.69, 9.17) is 23.2 Å². The lowest BCUT2D eigenvalue weighted by Crippen LogP contribution is -2.27. The molecule has 1 aromatic rings. The van der Waals surface area contributed by atoms with Crippen LogP contribution in [0.15, 0.2) is 12.1 Å². The number of benzene rings is 1. The third-order valence-corrected chi connectivity index (χ3v) is 4.44. The van der Waals surface area contributed by atoms with E-state index >= 15 is 0 Å². The van der Waals surface area contributed by atoms with Crippen LogP contribution in [0.25, 0.3) is 0 Å². The summed E-state index contributed by atoms with van der Waals surface area (Å²) < 4.78 is 0. The van der Waals surface area contributed by atoms with Gasteiger partial charge in [-0.25, -0.2) is 4.79 Å². The van der Waals surface area contributed by atoms with Crippen molar-refractivity contribution in [3.05, 3.63) is 27.7 Å². The molecule has 0 atom stereocenters. The van der Waals surface area contributed by atoms with Gasteiger partial charge in [0.2, 0.25) is 5.91 Å². The number of carbonyl (C=O) groups excluding carboxylic acids is 1. The smallest absolute Gasteiger partial charge is 0.337 e. The fourth-order valence-corrected chi connectivity index (χ4v) is 3.16. The van der Waals surface area contributed by atoms with Crippen LogP contribution in [0.5, 0.6) is 0 Å². The molecule has 21 heavy (non-hydrogen) atoms. The molecule has 0 aromatic heterocycles. The van der Waals surface area contributed by atoms with E-state index in [0.29, 0.717) is 5.92 Å². The van der Waals surface area contributed by atoms with Gasteiger partial charge in [-0.1, -0.05) is 30.1 Å². The zero-order valence-corrected chi connectivity index (χ0v) is 13.2. The van der Waals surface area contributed by atoms with Gasteiger partial charge in [0.25, 0.3) is 0 Å². The number of nitrogens with one attached hydrogen (secondary N) is 1. The number of carbonyl (C=O) groups is 2. The van der Waals surface area contributed by atoms with Crippen LogP contribution < -0.4 is 5.32 Å². The molecule has 1 saturated carbocycles. The summed E-state index contributed by atoms with van der Waals surface area (Å²) in [5, 5.41) is 12.2. The van der Waals surface area contributed by atoms with Gasteiger partial charge in [-0.15, -0.1) is 0 Å². The normalized spacial score (nSPS) is 21.9. The SMILES string of the molecule is CC1CCC(C(=O)Nc2c(Cl)cc(Cl)cc2C(=O)O)CC1. The van der Waals surface area contributed by atoms with Crippen molar-refractivity contribution in [2.75, 3.05) is 5.32 Å². The molecule has 6 heteroatoms. The molecule has 2 rings (SSSR count). The standard InChI is InChI=1S/C15H17Cl2NO3/c1-8-2-4-9(5-3-8)14(19)18-13-11(15(20)21)6-10(16)7-12(13)17/h6-9H,2-5H2,1H3,(H,18,19)(H,20,21). The number of aromatic carboxylic acids is 1. The molecule has 114 valence electrons. The third kappa shape index (κ3) is 3.89. The molecule has 0 saturated heterocycles. The van der Waals surface area contributed by atoms with Crippen LogP contribution in [0.1, 0.15) is 43.0 Å². The lowest BCUT2D eigenvalue weighted by atomic mass is 9.82. The Labute approximate surface area is 133 Å². The molecule has 1 fully saturated rings. The molecule has 1 amide bonds. The van der Waals surface area contributed by atoms with E-state index < -0.39 is 5.97 Å². The lowest BCUT2D eigenvalue weighted by Gasteiger charge is -2.25. The predicted octanol–water partition coefficient (Wildman–Crippen LogP) is 4.46. The second kappa shape index (κ2) is 6.67. The van der Waals surface area contributed by atoms with Gasteiger partial charge in [0, 0.05) is 10.9 Å². The molecule has 4 nitrogen and oxygen atoms in total. The number of carboxylic acids is 1. The molecule has 2 N–H and O–H groups in total. The lowest BCUT2D eigenvalue weighted by molar-refractivity contribution is -0.121. The number of hydrogen-bond donors (Lipinski definition) is 2. The molecule has 0 unspecified atom stereocenters. The second-order valence-corrected chi connectivity index (χ2v) is 6.41. The summed E-state index contributed by atoms with van der Waals surface area (Å²) in [5.41, 5.74) is 0.0298. The molecule has 0 heterocycles. The van der Waals surface area contributed by atoms with Crippen molar-refractivity contribution in [3.8, 4) is 0 Å². The van der Waals surface area contributed by atoms with Crippen molar-refractivity contribution in [3.63, 3.8) is 0 Å². The molecule has 1 aliphatic rings. The van der Waals surface area contributed by atoms with Crippen molar-refractivity contribution in [2.45, 2.75) is 32.6 Å². The summed E-state index contributed by atoms with van der Waals surface area (Å²) in [6, 6.07) is 2.71. The average molecular weight is 330 g/mol. The van der Waals surface area contributed by atoms with Crippen LogP contribution >= 0.6 is 23.2 Å². The van der Waals surface area contributed by atoms with E-state index in [1.807, 2.05) is 0 Å². The van der Waals surface area contributed by atoms with Crippen molar-refractivity contribution >= 4 is 40.8 Å². The van der Waals surface area contributed by atoms with Gasteiger partial charge in [0.15, 0.2) is 0 Å². The first-order valence-corrected chi connectivity index (χ1v) is 7.67. The summed E-state index contributed by atoms with van der Waals surface area (Å²) in [7, 11) is 0. The van der Waals surface area contributed by atoms with Crippen LogP contribution in [-0.2, 0) is 4.79 Å². The second-order valence-electron chi connectivity index (χ2n) is 5.56. The Balaban J connectivity index is 2.19. The minimum Gasteiger partial charge on any atom is -0.478 e. The van der Waals surface area contributed by atoms with Crippen molar-refractivity contribution in [1.29, 1.82) is 0 Å². The molecular formula is C15H17Cl2NO3. The Morgan fingerprint density at radius 3 is 2.38 bits per heavy atom. The Bertz CT molecular complexity index is 566. The van der Waals surface area contributed by atoms with E-state index in [2.05, 4.69) is 12.2 Å². The first-order valence-electron chi connectivity index (χ1n) is 6.91. The minimum atomic E-state index is -1.17. The zero-order chi connectivity index (χ0) is 15.6. The molecule has 0 bridgehead atoms. The van der Waals surface area contributed by atoms with Crippen LogP contribution in [0.2, 0.25) is 10.0 Å². The summed E-state index contributed by atoms with van der Waals surface area (Å²) >= 11 is 11.8. The Morgan fingerprint density at radius 1 is 1.19 bits per heavy atom. The van der Waals surface area contributed by atoms with Gasteiger partial charge in [-0.05, 0) is 43.7 Å². The highest BCUT2D eigenvalue weighted by atomic mass is 35.5. The van der Waals surface area contributed by atoms with Crippen molar-refractivity contribution in [2.24, 2.45) is 11.8 Å². The minimum absolute atomic E-state index is 0.0883. The number of rotatable bonds is 3. The van der Waals surface area contributed by atoms with E-state index in [1.165, 1.54) is 12.1 Å². The average Bonchev–Trinajstić information content (AvgIpc) is 2.41. The fourth-order valence-electron chi connectivity index (χ4n) is 2.62. The number of amides is 1. The highest BCUT2D eigenvalue weighted by Gasteiger charge is 2.26. The van der Waals surface area contributed by atoms with Crippen molar-refractivity contribution in [1.82, 2.24) is 0 Å². The highest BCUT2D eigenvalue weighted by Crippen LogP contribution is 2.33. The number of carboxylic acid groups (broad SMARTS) is 1. The number of halogens is 2. The van der Waals surface area contributed by atoms with Gasteiger partial charge in [0.1, 0.15) is 0 Å². The van der Waals surface area contributed by atoms with Gasteiger partial charge in [0.05, 0.1) is 16.3 Å². The quantitative estimate of drug-likeness (QED) is 0.860. The summed E-state index contributed by atoms with van der Waals surface area (Å²) in [5.74, 6) is -0.794. The highest BCUT2D eigenvalue weighted by molar-refractivity contribution is 6.37. The van der Waals surface area contributed by atoms with Crippen LogP contribution in [0.4, 0.5) is 5.69 Å². The summed E-state index contributed by atoms with van der Waals surface area (Å²) in [6.45, 7) is 2.17. The van der Waals surface area contributed by atoms with Gasteiger partial charge < -0.3 is 10.4 Å². The van der Waals surface area contributed by atoms with E-state index in [1.54, 1.807) is 0 Å². The predicted molar refractivity (Wildman–Crippen MR) is 83.2 cm³/mol. The van der Waals surface area contributed by atoms with E-state index in [0.717, 1.165) is 25.7 Å². The van der Waals surface area contributed by atoms with Crippen LogP contribution in [0, 0.1) is 11.8 Å². The monoisotopic (exact) mass is 329 g/mol. The maximum atomic E-state index is 12.3. The first kappa shape index (κ1) is 16.1. The molecule has 1 aliphatic carbocycles. The third-order valence-electron chi connectivity index (χ3n) is 3.92. The van der Waals surface area contributed by atoms with Crippen molar-refractivity contribution < 1.29 is 14.7 Å². The molecule has 1 aromatic carbocycles. The van der Waals surface area contributed by atoms with Gasteiger partial charge >= 0.3 is 5.97 Å². The fraction of sp³-hybridized carbons (Fsp3) is 0.467. The summed E-state index contributed by atoms with van der Waals surface area (Å²) in [4.78, 5) is 23.5. The number of hydrogen-bond acceptors (Lipinski definition) is 2. The first-order chi connectivity index (χ1) is 9.88. The summed E-state index contributed by atoms with van der Waals surface area (Å²) in [6.07, 6.45) is 3.66. The Hall–Kier alpha value is -1.26. The van der Waals surface area contributed by atoms with Gasteiger partial charge in [-0.2, -0.15) is 0 Å².